The average Bonchev–Trinajstić information content (AvgIpc) is 2.43. The van der Waals surface area contributed by atoms with E-state index in [0.29, 0.717) is 23.4 Å². The summed E-state index contributed by atoms with van der Waals surface area (Å²) in [6.07, 6.45) is 2.83. The Hall–Kier alpha value is -2.57. The molecule has 0 aliphatic heterocycles. The van der Waals surface area contributed by atoms with Crippen LogP contribution in [0.5, 0.6) is 0 Å². The standard InChI is InChI=1S/C17H25N5O2/c1-16(2,3)24-15(23)22-17(4,5)10-21-13-11(18)9-20-12-7-6-8-19-14(12)13/h6-9H,10,18H2,1-5H3,(H,20,21)(H,22,23). The third-order valence-electron chi connectivity index (χ3n) is 3.20. The SMILES string of the molecule is CC(C)(CNc1c(N)cnc2cccnc12)NC(=O)OC(C)(C)C. The molecule has 24 heavy (non-hydrogen) atoms. The maximum atomic E-state index is 12.0. The van der Waals surface area contributed by atoms with E-state index in [1.165, 1.54) is 0 Å². The molecule has 7 heteroatoms. The molecule has 0 fully saturated rings. The summed E-state index contributed by atoms with van der Waals surface area (Å²) in [5.74, 6) is 0. The van der Waals surface area contributed by atoms with Crippen molar-refractivity contribution >= 4 is 28.5 Å². The van der Waals surface area contributed by atoms with E-state index in [0.717, 1.165) is 5.52 Å². The van der Waals surface area contributed by atoms with Crippen molar-refractivity contribution < 1.29 is 9.53 Å². The molecular weight excluding hydrogens is 306 g/mol. The van der Waals surface area contributed by atoms with Crippen molar-refractivity contribution in [3.8, 4) is 0 Å². The summed E-state index contributed by atoms with van der Waals surface area (Å²) in [6.45, 7) is 9.73. The highest BCUT2D eigenvalue weighted by Gasteiger charge is 2.25. The second kappa shape index (κ2) is 6.51. The zero-order chi connectivity index (χ0) is 18.0. The fourth-order valence-corrected chi connectivity index (χ4v) is 2.15. The molecule has 0 atom stereocenters. The normalized spacial score (nSPS) is 12.0. The molecule has 0 saturated heterocycles. The molecular formula is C17H25N5O2. The first kappa shape index (κ1) is 17.8. The molecule has 0 aliphatic carbocycles. The van der Waals surface area contributed by atoms with Crippen LogP contribution in [0.2, 0.25) is 0 Å². The molecule has 0 bridgehead atoms. The van der Waals surface area contributed by atoms with Gasteiger partial charge in [0, 0.05) is 12.7 Å². The Morgan fingerprint density at radius 3 is 2.62 bits per heavy atom. The van der Waals surface area contributed by atoms with Gasteiger partial charge in [-0.15, -0.1) is 0 Å². The van der Waals surface area contributed by atoms with Gasteiger partial charge in [-0.25, -0.2) is 4.79 Å². The molecule has 0 aliphatic rings. The smallest absolute Gasteiger partial charge is 0.408 e. The molecule has 130 valence electrons. The molecule has 4 N–H and O–H groups in total. The molecule has 0 radical (unpaired) electrons. The number of rotatable bonds is 4. The zero-order valence-corrected chi connectivity index (χ0v) is 14.8. The van der Waals surface area contributed by atoms with Crippen LogP contribution in [-0.2, 0) is 4.74 Å². The number of carbonyl (C=O) groups excluding carboxylic acids is 1. The number of aromatic nitrogens is 2. The number of hydrogen-bond donors (Lipinski definition) is 3. The highest BCUT2D eigenvalue weighted by atomic mass is 16.6. The first-order valence-electron chi connectivity index (χ1n) is 7.82. The van der Waals surface area contributed by atoms with Gasteiger partial charge in [-0.1, -0.05) is 0 Å². The van der Waals surface area contributed by atoms with Crippen LogP contribution >= 0.6 is 0 Å². The van der Waals surface area contributed by atoms with Gasteiger partial charge < -0.3 is 21.1 Å². The molecule has 0 aromatic carbocycles. The van der Waals surface area contributed by atoms with Gasteiger partial charge in [0.05, 0.1) is 28.6 Å². The van der Waals surface area contributed by atoms with Crippen molar-refractivity contribution in [3.05, 3.63) is 24.5 Å². The maximum Gasteiger partial charge on any atom is 0.408 e. The lowest BCUT2D eigenvalue weighted by molar-refractivity contribution is 0.0478. The Kier molecular flexibility index (Phi) is 4.82. The van der Waals surface area contributed by atoms with E-state index in [4.69, 9.17) is 10.5 Å². The second-order valence-electron chi connectivity index (χ2n) is 7.32. The zero-order valence-electron chi connectivity index (χ0n) is 14.8. The van der Waals surface area contributed by atoms with Gasteiger partial charge in [0.15, 0.2) is 0 Å². The van der Waals surface area contributed by atoms with E-state index >= 15 is 0 Å². The Bertz CT molecular complexity index is 737. The summed E-state index contributed by atoms with van der Waals surface area (Å²) >= 11 is 0. The number of pyridine rings is 2. The Morgan fingerprint density at radius 1 is 1.25 bits per heavy atom. The van der Waals surface area contributed by atoms with Crippen molar-refractivity contribution in [3.63, 3.8) is 0 Å². The fraction of sp³-hybridized carbons (Fsp3) is 0.471. The van der Waals surface area contributed by atoms with Gasteiger partial charge in [0.1, 0.15) is 11.1 Å². The fourth-order valence-electron chi connectivity index (χ4n) is 2.15. The summed E-state index contributed by atoms with van der Waals surface area (Å²) in [4.78, 5) is 20.5. The lowest BCUT2D eigenvalue weighted by atomic mass is 10.1. The van der Waals surface area contributed by atoms with Crippen LogP contribution in [0, 0.1) is 0 Å². The van der Waals surface area contributed by atoms with Crippen molar-refractivity contribution in [2.75, 3.05) is 17.6 Å². The van der Waals surface area contributed by atoms with Crippen LogP contribution in [-0.4, -0.2) is 33.7 Å². The van der Waals surface area contributed by atoms with Crippen LogP contribution in [0.25, 0.3) is 11.0 Å². The number of anilines is 2. The van der Waals surface area contributed by atoms with E-state index in [1.54, 1.807) is 12.4 Å². The molecule has 2 aromatic rings. The van der Waals surface area contributed by atoms with E-state index in [9.17, 15) is 4.79 Å². The highest BCUT2D eigenvalue weighted by Crippen LogP contribution is 2.26. The van der Waals surface area contributed by atoms with Gasteiger partial charge in [-0.2, -0.15) is 0 Å². The number of nitrogen functional groups attached to an aromatic ring is 1. The Morgan fingerprint density at radius 2 is 1.96 bits per heavy atom. The maximum absolute atomic E-state index is 12.0. The van der Waals surface area contributed by atoms with Crippen LogP contribution in [0.4, 0.5) is 16.2 Å². The van der Waals surface area contributed by atoms with E-state index in [2.05, 4.69) is 20.6 Å². The number of nitrogens with two attached hydrogens (primary N) is 1. The van der Waals surface area contributed by atoms with Crippen molar-refractivity contribution in [1.29, 1.82) is 0 Å². The van der Waals surface area contributed by atoms with Gasteiger partial charge in [0.25, 0.3) is 0 Å². The van der Waals surface area contributed by atoms with Crippen molar-refractivity contribution in [2.45, 2.75) is 45.8 Å². The van der Waals surface area contributed by atoms with Gasteiger partial charge in [-0.05, 0) is 46.8 Å². The number of nitrogens with one attached hydrogen (secondary N) is 2. The quantitative estimate of drug-likeness (QED) is 0.796. The molecule has 0 saturated carbocycles. The molecule has 7 nitrogen and oxygen atoms in total. The summed E-state index contributed by atoms with van der Waals surface area (Å²) in [5.41, 5.74) is 7.62. The molecule has 2 rings (SSSR count). The summed E-state index contributed by atoms with van der Waals surface area (Å²) < 4.78 is 5.29. The summed E-state index contributed by atoms with van der Waals surface area (Å²) in [7, 11) is 0. The predicted octanol–water partition coefficient (Wildman–Crippen LogP) is 2.93. The van der Waals surface area contributed by atoms with Gasteiger partial charge in [0.2, 0.25) is 0 Å². The number of ether oxygens (including phenoxy) is 1. The first-order chi connectivity index (χ1) is 11.1. The second-order valence-corrected chi connectivity index (χ2v) is 7.32. The van der Waals surface area contributed by atoms with Crippen LogP contribution < -0.4 is 16.4 Å². The number of carbonyl (C=O) groups is 1. The topological polar surface area (TPSA) is 102 Å². The van der Waals surface area contributed by atoms with E-state index in [1.807, 2.05) is 46.8 Å². The number of fused-ring (bicyclic) bond motifs is 1. The first-order valence-corrected chi connectivity index (χ1v) is 7.82. The largest absolute Gasteiger partial charge is 0.444 e. The molecule has 2 heterocycles. The lowest BCUT2D eigenvalue weighted by Crippen LogP contribution is -2.50. The number of nitrogens with zero attached hydrogens (tertiary/aromatic N) is 2. The van der Waals surface area contributed by atoms with Crippen LogP contribution in [0.3, 0.4) is 0 Å². The average molecular weight is 331 g/mol. The van der Waals surface area contributed by atoms with Crippen LogP contribution in [0.1, 0.15) is 34.6 Å². The van der Waals surface area contributed by atoms with Crippen molar-refractivity contribution in [1.82, 2.24) is 15.3 Å². The Labute approximate surface area is 142 Å². The highest BCUT2D eigenvalue weighted by molar-refractivity contribution is 5.93. The van der Waals surface area contributed by atoms with E-state index in [-0.39, 0.29) is 0 Å². The molecule has 0 spiro atoms. The van der Waals surface area contributed by atoms with E-state index < -0.39 is 17.2 Å². The number of alkyl carbamates (subject to hydrolysis) is 1. The summed E-state index contributed by atoms with van der Waals surface area (Å²) in [6, 6.07) is 3.69. The van der Waals surface area contributed by atoms with Gasteiger partial charge >= 0.3 is 6.09 Å². The monoisotopic (exact) mass is 331 g/mol. The third kappa shape index (κ3) is 4.71. The number of hydrogen-bond acceptors (Lipinski definition) is 6. The van der Waals surface area contributed by atoms with Crippen molar-refractivity contribution in [2.24, 2.45) is 0 Å². The molecule has 1 amide bonds. The Balaban J connectivity index is 2.10. The summed E-state index contributed by atoms with van der Waals surface area (Å²) in [5, 5.41) is 6.12. The minimum atomic E-state index is -0.543. The lowest BCUT2D eigenvalue weighted by Gasteiger charge is -2.29. The minimum absolute atomic E-state index is 0.451. The van der Waals surface area contributed by atoms with Gasteiger partial charge in [-0.3, -0.25) is 9.97 Å². The van der Waals surface area contributed by atoms with Crippen LogP contribution in [0.15, 0.2) is 24.5 Å². The third-order valence-corrected chi connectivity index (χ3v) is 3.20. The molecule has 2 aromatic heterocycles. The molecule has 0 unspecified atom stereocenters. The minimum Gasteiger partial charge on any atom is -0.444 e. The predicted molar refractivity (Wildman–Crippen MR) is 95.9 cm³/mol. The number of amides is 1.